The van der Waals surface area contributed by atoms with Crippen molar-refractivity contribution >= 4 is 11.6 Å². The van der Waals surface area contributed by atoms with Gasteiger partial charge in [-0.3, -0.25) is 15.1 Å². The van der Waals surface area contributed by atoms with E-state index in [-0.39, 0.29) is 30.5 Å². The lowest BCUT2D eigenvalue weighted by Crippen LogP contribution is -2.60. The first-order chi connectivity index (χ1) is 19.4. The third kappa shape index (κ3) is 8.31. The second-order valence-electron chi connectivity index (χ2n) is 12.0. The number of carbonyl (C=O) groups is 1. The Bertz CT molecular complexity index is 1290. The van der Waals surface area contributed by atoms with Crippen LogP contribution in [0.15, 0.2) is 67.0 Å². The summed E-state index contributed by atoms with van der Waals surface area (Å²) in [7, 11) is 0. The molecule has 1 aliphatic heterocycles. The molecule has 2 heterocycles. The molecule has 9 heteroatoms. The van der Waals surface area contributed by atoms with Crippen molar-refractivity contribution in [3.8, 4) is 0 Å². The van der Waals surface area contributed by atoms with Gasteiger partial charge in [-0.1, -0.05) is 45.0 Å². The summed E-state index contributed by atoms with van der Waals surface area (Å²) in [5.74, 6) is -1.73. The predicted octanol–water partition coefficient (Wildman–Crippen LogP) is 4.37. The largest absolute Gasteiger partial charge is 0.390 e. The zero-order valence-electron chi connectivity index (χ0n) is 24.2. The van der Waals surface area contributed by atoms with Gasteiger partial charge in [-0.05, 0) is 65.6 Å². The van der Waals surface area contributed by atoms with Crippen molar-refractivity contribution in [2.75, 3.05) is 18.4 Å². The van der Waals surface area contributed by atoms with Gasteiger partial charge in [-0.15, -0.1) is 0 Å². The van der Waals surface area contributed by atoms with Gasteiger partial charge in [-0.25, -0.2) is 8.78 Å². The number of nitrogens with one attached hydrogen (secondary N) is 4. The predicted molar refractivity (Wildman–Crippen MR) is 157 cm³/mol. The van der Waals surface area contributed by atoms with Crippen LogP contribution >= 0.6 is 0 Å². The summed E-state index contributed by atoms with van der Waals surface area (Å²) in [5.41, 5.74) is 3.06. The van der Waals surface area contributed by atoms with Gasteiger partial charge in [0.2, 0.25) is 5.91 Å². The molecule has 7 nitrogen and oxygen atoms in total. The van der Waals surface area contributed by atoms with Crippen LogP contribution in [0.5, 0.6) is 0 Å². The Hall–Kier alpha value is -3.40. The molecule has 0 bridgehead atoms. The number of benzene rings is 2. The topological polar surface area (TPSA) is 98.3 Å². The monoisotopic (exact) mass is 565 g/mol. The van der Waals surface area contributed by atoms with Gasteiger partial charge in [0.25, 0.3) is 0 Å². The van der Waals surface area contributed by atoms with E-state index < -0.39 is 29.3 Å². The molecule has 5 N–H and O–H groups in total. The number of carbonyl (C=O) groups excluding carboxylic acids is 1. The summed E-state index contributed by atoms with van der Waals surface area (Å²) in [4.78, 5) is 16.2. The molecule has 3 aromatic rings. The normalized spacial score (nSPS) is 20.7. The average Bonchev–Trinajstić information content (AvgIpc) is 2.92. The molecule has 1 saturated heterocycles. The van der Waals surface area contributed by atoms with Crippen LogP contribution in [0.1, 0.15) is 57.2 Å². The molecule has 0 radical (unpaired) electrons. The quantitative estimate of drug-likeness (QED) is 0.251. The fourth-order valence-electron chi connectivity index (χ4n) is 5.40. The maximum atomic E-state index is 13.8. The summed E-state index contributed by atoms with van der Waals surface area (Å²) in [6.07, 6.45) is 4.21. The van der Waals surface area contributed by atoms with Gasteiger partial charge in [-0.2, -0.15) is 0 Å². The number of halogens is 2. The first kappa shape index (κ1) is 30.6. The highest BCUT2D eigenvalue weighted by Crippen LogP contribution is 2.33. The van der Waals surface area contributed by atoms with Gasteiger partial charge in [0.05, 0.1) is 29.5 Å². The molecule has 0 aliphatic carbocycles. The van der Waals surface area contributed by atoms with Crippen LogP contribution in [0.2, 0.25) is 0 Å². The molecule has 4 atom stereocenters. The number of rotatable bonds is 10. The third-order valence-corrected chi connectivity index (χ3v) is 7.67. The lowest BCUT2D eigenvalue weighted by atomic mass is 9.78. The molecule has 220 valence electrons. The lowest BCUT2D eigenvalue weighted by Gasteiger charge is -2.44. The number of piperidine rings is 1. The average molecular weight is 566 g/mol. The van der Waals surface area contributed by atoms with Crippen LogP contribution in [0, 0.1) is 11.6 Å². The van der Waals surface area contributed by atoms with E-state index >= 15 is 0 Å². The summed E-state index contributed by atoms with van der Waals surface area (Å²) in [5, 5.41) is 24.8. The van der Waals surface area contributed by atoms with Crippen LogP contribution in [-0.4, -0.2) is 47.4 Å². The van der Waals surface area contributed by atoms with E-state index in [1.807, 2.05) is 12.1 Å². The number of aromatic nitrogens is 1. The zero-order chi connectivity index (χ0) is 29.6. The van der Waals surface area contributed by atoms with Crippen LogP contribution in [0.3, 0.4) is 0 Å². The number of pyridine rings is 1. The maximum absolute atomic E-state index is 13.8. The summed E-state index contributed by atoms with van der Waals surface area (Å²) >= 11 is 0. The Morgan fingerprint density at radius 3 is 2.51 bits per heavy atom. The van der Waals surface area contributed by atoms with Gasteiger partial charge >= 0.3 is 0 Å². The van der Waals surface area contributed by atoms with Crippen molar-refractivity contribution in [2.24, 2.45) is 0 Å². The number of anilines is 1. The van der Waals surface area contributed by atoms with Gasteiger partial charge in [0.1, 0.15) is 11.6 Å². The van der Waals surface area contributed by atoms with E-state index in [4.69, 9.17) is 0 Å². The number of aliphatic hydroxyl groups is 1. The molecule has 1 aliphatic rings. The Kier molecular flexibility index (Phi) is 9.73. The first-order valence-corrected chi connectivity index (χ1v) is 14.1. The van der Waals surface area contributed by atoms with Crippen molar-refractivity contribution < 1.29 is 18.7 Å². The molecule has 1 aromatic heterocycles. The Morgan fingerprint density at radius 2 is 1.90 bits per heavy atom. The Morgan fingerprint density at radius 1 is 1.15 bits per heavy atom. The van der Waals surface area contributed by atoms with E-state index in [1.165, 1.54) is 24.6 Å². The first-order valence-electron chi connectivity index (χ1n) is 14.1. The van der Waals surface area contributed by atoms with Gasteiger partial charge < -0.3 is 21.1 Å². The highest BCUT2D eigenvalue weighted by atomic mass is 19.1. The van der Waals surface area contributed by atoms with Crippen molar-refractivity contribution in [3.05, 3.63) is 95.3 Å². The van der Waals surface area contributed by atoms with E-state index in [0.717, 1.165) is 30.2 Å². The molecule has 1 amide bonds. The van der Waals surface area contributed by atoms with E-state index in [2.05, 4.69) is 71.3 Å². The van der Waals surface area contributed by atoms with E-state index in [1.54, 1.807) is 12.4 Å². The maximum Gasteiger partial charge on any atom is 0.217 e. The smallest absolute Gasteiger partial charge is 0.217 e. The second-order valence-corrected chi connectivity index (χ2v) is 12.0. The fraction of sp³-hybridized carbons (Fsp3) is 0.438. The van der Waals surface area contributed by atoms with Gasteiger partial charge in [0.15, 0.2) is 0 Å². The van der Waals surface area contributed by atoms with Crippen LogP contribution in [-0.2, 0) is 22.2 Å². The van der Waals surface area contributed by atoms with E-state index in [0.29, 0.717) is 12.1 Å². The molecular formula is C32H41F2N5O2. The summed E-state index contributed by atoms with van der Waals surface area (Å²) in [6, 6.07) is 14.9. The van der Waals surface area contributed by atoms with Crippen molar-refractivity contribution in [3.63, 3.8) is 0 Å². The highest BCUT2D eigenvalue weighted by Gasteiger charge is 2.38. The van der Waals surface area contributed by atoms with Crippen molar-refractivity contribution in [2.45, 2.75) is 76.2 Å². The zero-order valence-corrected chi connectivity index (χ0v) is 24.2. The number of amides is 1. The molecule has 4 rings (SSSR count). The SMILES string of the molecule is CC(=O)N[C@@H](Cc1cc(F)cc(F)c1)[C@H](O)CN[C@@]1(c2cccc(C(C)(C)C)c2)CC[C@H](Nc2cccnc2)NC1. The molecule has 0 spiro atoms. The number of nitrogens with zero attached hydrogens (tertiary/aromatic N) is 1. The van der Waals surface area contributed by atoms with Crippen LogP contribution < -0.4 is 21.3 Å². The van der Waals surface area contributed by atoms with Crippen molar-refractivity contribution in [1.29, 1.82) is 0 Å². The summed E-state index contributed by atoms with van der Waals surface area (Å²) in [6.45, 7) is 8.64. The molecular weight excluding hydrogens is 524 g/mol. The number of aliphatic hydroxyl groups excluding tert-OH is 1. The van der Waals surface area contributed by atoms with Crippen LogP contribution in [0.25, 0.3) is 0 Å². The van der Waals surface area contributed by atoms with Crippen molar-refractivity contribution in [1.82, 2.24) is 20.9 Å². The lowest BCUT2D eigenvalue weighted by molar-refractivity contribution is -0.120. The number of hydrogen-bond donors (Lipinski definition) is 5. The van der Waals surface area contributed by atoms with E-state index in [9.17, 15) is 18.7 Å². The molecule has 1 fully saturated rings. The Balaban J connectivity index is 1.54. The molecule has 2 aromatic carbocycles. The third-order valence-electron chi connectivity index (χ3n) is 7.67. The fourth-order valence-corrected chi connectivity index (χ4v) is 5.40. The minimum absolute atomic E-state index is 0.0415. The standard InChI is InChI=1S/C32H41F2N5O2/c1-21(40)38-28(15-22-13-25(33)17-26(34)14-22)29(41)19-37-32(24-8-5-7-23(16-24)31(2,3)4)11-10-30(36-20-32)39-27-9-6-12-35-18-27/h5-9,12-14,16-18,28-30,36-37,39,41H,10-11,15,19-20H2,1-4H3,(H,38,40)/t28-,29+,30-,32-/m0/s1. The van der Waals surface area contributed by atoms with Crippen LogP contribution in [0.4, 0.5) is 14.5 Å². The van der Waals surface area contributed by atoms with Gasteiger partial charge in [0, 0.05) is 38.5 Å². The number of hydrogen-bond acceptors (Lipinski definition) is 6. The minimum Gasteiger partial charge on any atom is -0.390 e. The second kappa shape index (κ2) is 13.1. The molecule has 0 saturated carbocycles. The Labute approximate surface area is 241 Å². The minimum atomic E-state index is -1.01. The molecule has 41 heavy (non-hydrogen) atoms. The highest BCUT2D eigenvalue weighted by molar-refractivity contribution is 5.73. The summed E-state index contributed by atoms with van der Waals surface area (Å²) < 4.78 is 27.7. The molecule has 0 unspecified atom stereocenters.